The third-order valence-corrected chi connectivity index (χ3v) is 3.72. The van der Waals surface area contributed by atoms with Gasteiger partial charge >= 0.3 is 0 Å². The van der Waals surface area contributed by atoms with Crippen LogP contribution in [0.5, 0.6) is 0 Å². The third-order valence-electron chi connectivity index (χ3n) is 3.72. The molecule has 3 rings (SSSR count). The molecule has 0 spiro atoms. The zero-order valence-electron chi connectivity index (χ0n) is 13.6. The van der Waals surface area contributed by atoms with Crippen molar-refractivity contribution < 1.29 is 9.18 Å². The zero-order chi connectivity index (χ0) is 17.5. The number of carbonyl (C=O) groups is 1. The maximum Gasteiger partial charge on any atom is 0.244 e. The molecule has 0 fully saturated rings. The van der Waals surface area contributed by atoms with Crippen LogP contribution in [0.3, 0.4) is 0 Å². The predicted octanol–water partition coefficient (Wildman–Crippen LogP) is 3.38. The summed E-state index contributed by atoms with van der Waals surface area (Å²) in [4.78, 5) is 11.8. The summed E-state index contributed by atoms with van der Waals surface area (Å²) >= 11 is 0. The standard InChI is InChI=1S/C20H18FN3O/c21-18-7-2-16(3-8-18)6-11-20(25)22-14-12-17-4-9-19(10-5-17)24-15-1-13-23-24/h1-11,13,15H,12,14H2,(H,22,25)/b11-6+. The fourth-order valence-corrected chi connectivity index (χ4v) is 2.37. The average molecular weight is 335 g/mol. The van der Waals surface area contributed by atoms with Gasteiger partial charge in [-0.25, -0.2) is 9.07 Å². The second kappa shape index (κ2) is 8.06. The first-order chi connectivity index (χ1) is 12.2. The Hall–Kier alpha value is -3.21. The van der Waals surface area contributed by atoms with Crippen LogP contribution in [0.1, 0.15) is 11.1 Å². The smallest absolute Gasteiger partial charge is 0.244 e. The van der Waals surface area contributed by atoms with Gasteiger partial charge in [0.2, 0.25) is 5.91 Å². The molecule has 126 valence electrons. The number of nitrogens with zero attached hydrogens (tertiary/aromatic N) is 2. The lowest BCUT2D eigenvalue weighted by Gasteiger charge is -2.05. The molecule has 4 nitrogen and oxygen atoms in total. The molecular formula is C20H18FN3O. The van der Waals surface area contributed by atoms with Gasteiger partial charge in [-0.3, -0.25) is 4.79 Å². The highest BCUT2D eigenvalue weighted by atomic mass is 19.1. The summed E-state index contributed by atoms with van der Waals surface area (Å²) < 4.78 is 14.6. The van der Waals surface area contributed by atoms with Gasteiger partial charge in [0.1, 0.15) is 5.82 Å². The molecule has 1 heterocycles. The molecule has 0 saturated heterocycles. The molecule has 0 saturated carbocycles. The summed E-state index contributed by atoms with van der Waals surface area (Å²) in [6.07, 6.45) is 7.49. The van der Waals surface area contributed by atoms with Crippen LogP contribution in [0.4, 0.5) is 4.39 Å². The SMILES string of the molecule is O=C(/C=C/c1ccc(F)cc1)NCCc1ccc(-n2cccn2)cc1. The third kappa shape index (κ3) is 4.88. The lowest BCUT2D eigenvalue weighted by molar-refractivity contribution is -0.116. The van der Waals surface area contributed by atoms with Crippen molar-refractivity contribution in [3.05, 3.63) is 90.0 Å². The normalized spacial score (nSPS) is 10.9. The minimum atomic E-state index is -0.292. The molecule has 0 bridgehead atoms. The van der Waals surface area contributed by atoms with E-state index in [1.807, 2.05) is 36.5 Å². The number of benzene rings is 2. The van der Waals surface area contributed by atoms with Gasteiger partial charge in [-0.2, -0.15) is 5.10 Å². The van der Waals surface area contributed by atoms with E-state index in [2.05, 4.69) is 10.4 Å². The van der Waals surface area contributed by atoms with E-state index in [9.17, 15) is 9.18 Å². The van der Waals surface area contributed by atoms with E-state index < -0.39 is 0 Å². The molecule has 0 aliphatic rings. The predicted molar refractivity (Wildman–Crippen MR) is 95.7 cm³/mol. The molecule has 0 atom stereocenters. The van der Waals surface area contributed by atoms with Crippen LogP contribution in [0.2, 0.25) is 0 Å². The lowest BCUT2D eigenvalue weighted by atomic mass is 10.1. The van der Waals surface area contributed by atoms with Crippen molar-refractivity contribution in [2.24, 2.45) is 0 Å². The molecule has 0 unspecified atom stereocenters. The highest BCUT2D eigenvalue weighted by Crippen LogP contribution is 2.09. The molecule has 3 aromatic rings. The largest absolute Gasteiger partial charge is 0.352 e. The van der Waals surface area contributed by atoms with Crippen molar-refractivity contribution in [2.45, 2.75) is 6.42 Å². The molecule has 1 aromatic heterocycles. The van der Waals surface area contributed by atoms with Crippen LogP contribution in [0.25, 0.3) is 11.8 Å². The minimum Gasteiger partial charge on any atom is -0.352 e. The summed E-state index contributed by atoms with van der Waals surface area (Å²) in [5.41, 5.74) is 2.92. The summed E-state index contributed by atoms with van der Waals surface area (Å²) in [5, 5.41) is 7.02. The molecule has 1 N–H and O–H groups in total. The maximum absolute atomic E-state index is 12.8. The number of hydrogen-bond donors (Lipinski definition) is 1. The van der Waals surface area contributed by atoms with Gasteiger partial charge in [0.25, 0.3) is 0 Å². The van der Waals surface area contributed by atoms with Gasteiger partial charge < -0.3 is 5.32 Å². The lowest BCUT2D eigenvalue weighted by Crippen LogP contribution is -2.23. The van der Waals surface area contributed by atoms with Gasteiger partial charge in [0, 0.05) is 25.0 Å². The Labute approximate surface area is 145 Å². The van der Waals surface area contributed by atoms with Crippen molar-refractivity contribution in [2.75, 3.05) is 6.54 Å². The second-order valence-electron chi connectivity index (χ2n) is 5.54. The van der Waals surface area contributed by atoms with Crippen molar-refractivity contribution >= 4 is 12.0 Å². The maximum atomic E-state index is 12.8. The van der Waals surface area contributed by atoms with Crippen LogP contribution in [-0.2, 0) is 11.2 Å². The first kappa shape index (κ1) is 16.6. The number of hydrogen-bond acceptors (Lipinski definition) is 2. The van der Waals surface area contributed by atoms with E-state index in [1.54, 1.807) is 29.1 Å². The number of rotatable bonds is 6. The van der Waals surface area contributed by atoms with E-state index in [-0.39, 0.29) is 11.7 Å². The molecule has 25 heavy (non-hydrogen) atoms. The van der Waals surface area contributed by atoms with E-state index in [1.165, 1.54) is 18.2 Å². The summed E-state index contributed by atoms with van der Waals surface area (Å²) in [6, 6.07) is 15.9. The van der Waals surface area contributed by atoms with Crippen molar-refractivity contribution in [1.29, 1.82) is 0 Å². The highest BCUT2D eigenvalue weighted by molar-refractivity contribution is 5.91. The number of aromatic nitrogens is 2. The molecule has 5 heteroatoms. The Balaban J connectivity index is 1.46. The zero-order valence-corrected chi connectivity index (χ0v) is 13.6. The van der Waals surface area contributed by atoms with Crippen molar-refractivity contribution in [3.8, 4) is 5.69 Å². The number of amides is 1. The first-order valence-corrected chi connectivity index (χ1v) is 8.01. The summed E-state index contributed by atoms with van der Waals surface area (Å²) in [5.74, 6) is -0.460. The fourth-order valence-electron chi connectivity index (χ4n) is 2.37. The second-order valence-corrected chi connectivity index (χ2v) is 5.54. The topological polar surface area (TPSA) is 46.9 Å². The van der Waals surface area contributed by atoms with E-state index >= 15 is 0 Å². The Kier molecular flexibility index (Phi) is 5.36. The molecule has 1 amide bonds. The summed E-state index contributed by atoms with van der Waals surface area (Å²) in [6.45, 7) is 0.549. The van der Waals surface area contributed by atoms with Crippen molar-refractivity contribution in [1.82, 2.24) is 15.1 Å². The van der Waals surface area contributed by atoms with Crippen LogP contribution in [0.15, 0.2) is 73.1 Å². The van der Waals surface area contributed by atoms with Crippen LogP contribution < -0.4 is 5.32 Å². The average Bonchev–Trinajstić information content (AvgIpc) is 3.16. The van der Waals surface area contributed by atoms with Gasteiger partial charge in [0.05, 0.1) is 5.69 Å². The Morgan fingerprint density at radius 1 is 1.12 bits per heavy atom. The van der Waals surface area contributed by atoms with Crippen molar-refractivity contribution in [3.63, 3.8) is 0 Å². The summed E-state index contributed by atoms with van der Waals surface area (Å²) in [7, 11) is 0. The Morgan fingerprint density at radius 2 is 1.88 bits per heavy atom. The monoisotopic (exact) mass is 335 g/mol. The Morgan fingerprint density at radius 3 is 2.56 bits per heavy atom. The van der Waals surface area contributed by atoms with Crippen LogP contribution in [-0.4, -0.2) is 22.2 Å². The van der Waals surface area contributed by atoms with Crippen LogP contribution >= 0.6 is 0 Å². The quantitative estimate of drug-likeness (QED) is 0.702. The van der Waals surface area contributed by atoms with E-state index in [4.69, 9.17) is 0 Å². The molecular weight excluding hydrogens is 317 g/mol. The highest BCUT2D eigenvalue weighted by Gasteiger charge is 1.99. The van der Waals surface area contributed by atoms with E-state index in [0.717, 1.165) is 23.2 Å². The molecule has 0 aliphatic heterocycles. The molecule has 0 radical (unpaired) electrons. The number of nitrogens with one attached hydrogen (secondary N) is 1. The van der Waals surface area contributed by atoms with Gasteiger partial charge in [-0.05, 0) is 54.0 Å². The van der Waals surface area contributed by atoms with Gasteiger partial charge in [-0.15, -0.1) is 0 Å². The minimum absolute atomic E-state index is 0.169. The van der Waals surface area contributed by atoms with E-state index in [0.29, 0.717) is 6.54 Å². The molecule has 2 aromatic carbocycles. The molecule has 0 aliphatic carbocycles. The van der Waals surface area contributed by atoms with Crippen LogP contribution in [0, 0.1) is 5.82 Å². The number of halogens is 1. The first-order valence-electron chi connectivity index (χ1n) is 8.01. The fraction of sp³-hybridized carbons (Fsp3) is 0.100. The Bertz CT molecular complexity index is 838. The van der Waals surface area contributed by atoms with Gasteiger partial charge in [0.15, 0.2) is 0 Å². The number of carbonyl (C=O) groups excluding carboxylic acids is 1. The van der Waals surface area contributed by atoms with Gasteiger partial charge in [-0.1, -0.05) is 24.3 Å².